The van der Waals surface area contributed by atoms with Crippen molar-refractivity contribution >= 4 is 11.0 Å². The largest absolute Gasteiger partial charge is 0.507 e. The van der Waals surface area contributed by atoms with Crippen LogP contribution in [-0.4, -0.2) is 128 Å². The SMILES string of the molecule is COc1cc(-c2cc(=O)c3c(O)cc(O[C@@H]4O[C@H](CO[C@@H]5O[C@H](CO)[C@@H](O)[C@H](O)[C@H]5O)[C@@H](O)[C@H](O)[C@H]4O)cc3o2)ccc1O. The number of benzene rings is 2. The van der Waals surface area contributed by atoms with Crippen LogP contribution < -0.4 is 14.9 Å². The van der Waals surface area contributed by atoms with E-state index in [-0.39, 0.29) is 34.0 Å². The lowest BCUT2D eigenvalue weighted by Crippen LogP contribution is -2.62. The number of hydrogen-bond donors (Lipinski definition) is 9. The van der Waals surface area contributed by atoms with Gasteiger partial charge in [0.25, 0.3) is 0 Å². The average Bonchev–Trinajstić information content (AvgIpc) is 3.00. The zero-order chi connectivity index (χ0) is 31.9. The molecule has 0 saturated carbocycles. The summed E-state index contributed by atoms with van der Waals surface area (Å²) in [6.45, 7) is -1.28. The van der Waals surface area contributed by atoms with Crippen LogP contribution >= 0.6 is 0 Å². The fraction of sp³-hybridized carbons (Fsp3) is 0.464. The lowest BCUT2D eigenvalue weighted by Gasteiger charge is -2.42. The van der Waals surface area contributed by atoms with Crippen LogP contribution in [0.3, 0.4) is 0 Å². The van der Waals surface area contributed by atoms with E-state index in [0.29, 0.717) is 5.56 Å². The maximum atomic E-state index is 12.8. The van der Waals surface area contributed by atoms with Crippen molar-refractivity contribution < 1.29 is 74.1 Å². The molecule has 0 amide bonds. The van der Waals surface area contributed by atoms with E-state index < -0.39 is 85.8 Å². The lowest BCUT2D eigenvalue weighted by atomic mass is 9.98. The number of fused-ring (bicyclic) bond motifs is 1. The Hall–Kier alpha value is -3.55. The fourth-order valence-electron chi connectivity index (χ4n) is 4.97. The first kappa shape index (κ1) is 31.9. The molecule has 2 saturated heterocycles. The summed E-state index contributed by atoms with van der Waals surface area (Å²) in [5.74, 6) is -0.646. The second-order valence-electron chi connectivity index (χ2n) is 10.3. The molecule has 3 heterocycles. The molecule has 16 nitrogen and oxygen atoms in total. The molecular weight excluding hydrogens is 592 g/mol. The van der Waals surface area contributed by atoms with Crippen LogP contribution in [0.15, 0.2) is 45.6 Å². The Bertz CT molecular complexity index is 1520. The second kappa shape index (κ2) is 12.8. The van der Waals surface area contributed by atoms with E-state index in [4.69, 9.17) is 28.1 Å². The lowest BCUT2D eigenvalue weighted by molar-refractivity contribution is -0.323. The van der Waals surface area contributed by atoms with Gasteiger partial charge in [0.1, 0.15) is 77.1 Å². The number of methoxy groups -OCH3 is 1. The summed E-state index contributed by atoms with van der Waals surface area (Å²) in [5.41, 5.74) is -0.354. The molecule has 0 radical (unpaired) electrons. The number of phenols is 2. The van der Waals surface area contributed by atoms with Crippen molar-refractivity contribution in [1.82, 2.24) is 0 Å². The maximum Gasteiger partial charge on any atom is 0.229 e. The predicted octanol–water partition coefficient (Wildman–Crippen LogP) is -2.12. The molecule has 44 heavy (non-hydrogen) atoms. The van der Waals surface area contributed by atoms with Crippen molar-refractivity contribution in [1.29, 1.82) is 0 Å². The highest BCUT2D eigenvalue weighted by molar-refractivity contribution is 5.86. The van der Waals surface area contributed by atoms with Gasteiger partial charge in [-0.15, -0.1) is 0 Å². The smallest absolute Gasteiger partial charge is 0.229 e. The van der Waals surface area contributed by atoms with Crippen molar-refractivity contribution in [3.63, 3.8) is 0 Å². The van der Waals surface area contributed by atoms with E-state index in [2.05, 4.69) is 0 Å². The molecule has 0 bridgehead atoms. The van der Waals surface area contributed by atoms with Gasteiger partial charge in [0.05, 0.1) is 20.3 Å². The highest BCUT2D eigenvalue weighted by Crippen LogP contribution is 2.35. The molecule has 2 aliphatic heterocycles. The number of aliphatic hydroxyl groups excluding tert-OH is 7. The molecule has 0 aliphatic carbocycles. The van der Waals surface area contributed by atoms with Crippen LogP contribution in [0.25, 0.3) is 22.3 Å². The summed E-state index contributed by atoms with van der Waals surface area (Å²) in [6.07, 6.45) is -16.3. The van der Waals surface area contributed by atoms with Crippen LogP contribution in [-0.2, 0) is 14.2 Å². The zero-order valence-corrected chi connectivity index (χ0v) is 23.0. The molecule has 16 heteroatoms. The summed E-state index contributed by atoms with van der Waals surface area (Å²) in [7, 11) is 1.35. The van der Waals surface area contributed by atoms with Crippen LogP contribution in [0, 0.1) is 0 Å². The van der Waals surface area contributed by atoms with Crippen LogP contribution in [0.5, 0.6) is 23.0 Å². The van der Waals surface area contributed by atoms with Crippen molar-refractivity contribution in [2.75, 3.05) is 20.3 Å². The van der Waals surface area contributed by atoms with Gasteiger partial charge in [-0.3, -0.25) is 4.79 Å². The van der Waals surface area contributed by atoms with Crippen LogP contribution in [0.2, 0.25) is 0 Å². The Morgan fingerprint density at radius 2 is 1.43 bits per heavy atom. The van der Waals surface area contributed by atoms with Gasteiger partial charge >= 0.3 is 0 Å². The highest BCUT2D eigenvalue weighted by atomic mass is 16.7. The Labute approximate surface area is 248 Å². The van der Waals surface area contributed by atoms with Gasteiger partial charge in [0, 0.05) is 23.8 Å². The van der Waals surface area contributed by atoms with Gasteiger partial charge in [0.15, 0.2) is 23.2 Å². The molecule has 0 spiro atoms. The zero-order valence-electron chi connectivity index (χ0n) is 23.0. The van der Waals surface area contributed by atoms with Crippen molar-refractivity contribution in [2.24, 2.45) is 0 Å². The second-order valence-corrected chi connectivity index (χ2v) is 10.3. The van der Waals surface area contributed by atoms with E-state index in [0.717, 1.165) is 12.1 Å². The Morgan fingerprint density at radius 1 is 0.773 bits per heavy atom. The molecule has 2 aromatic carbocycles. The minimum Gasteiger partial charge on any atom is -0.507 e. The topological polar surface area (TPSA) is 258 Å². The number of aliphatic hydroxyl groups is 7. The van der Waals surface area contributed by atoms with E-state index in [9.17, 15) is 50.8 Å². The standard InChI is InChI=1S/C28H32O16/c1-39-16-4-10(2-3-12(16)30)15-7-14(32)20-13(31)5-11(6-17(20)42-15)41-28-26(38)24(36)22(34)19(44-28)9-40-27-25(37)23(35)21(33)18(8-29)43-27/h2-7,18-19,21-31,33-38H,8-9H2,1H3/t18-,19-,21-,22-,23+,24+,25-,26-,27-,28-/m1/s1. The third-order valence-corrected chi connectivity index (χ3v) is 7.44. The van der Waals surface area contributed by atoms with E-state index >= 15 is 0 Å². The molecule has 240 valence electrons. The van der Waals surface area contributed by atoms with Gasteiger partial charge in [-0.05, 0) is 18.2 Å². The summed E-state index contributed by atoms with van der Waals surface area (Å²) >= 11 is 0. The first-order valence-electron chi connectivity index (χ1n) is 13.4. The summed E-state index contributed by atoms with van der Waals surface area (Å²) in [6, 6.07) is 7.67. The summed E-state index contributed by atoms with van der Waals surface area (Å²) in [4.78, 5) is 12.8. The third-order valence-electron chi connectivity index (χ3n) is 7.44. The Kier molecular flexibility index (Phi) is 9.28. The molecule has 3 aromatic rings. The van der Waals surface area contributed by atoms with Gasteiger partial charge in [-0.1, -0.05) is 0 Å². The minimum atomic E-state index is -1.82. The van der Waals surface area contributed by atoms with Gasteiger partial charge < -0.3 is 74.1 Å². The van der Waals surface area contributed by atoms with E-state index in [1.54, 1.807) is 0 Å². The summed E-state index contributed by atoms with van der Waals surface area (Å²) in [5, 5.41) is 91.2. The molecule has 10 atom stereocenters. The number of hydrogen-bond acceptors (Lipinski definition) is 16. The number of aromatic hydroxyl groups is 2. The van der Waals surface area contributed by atoms with E-state index in [1.807, 2.05) is 0 Å². The molecule has 0 unspecified atom stereocenters. The summed E-state index contributed by atoms with van der Waals surface area (Å²) < 4.78 is 32.8. The monoisotopic (exact) mass is 624 g/mol. The quantitative estimate of drug-likeness (QED) is 0.130. The van der Waals surface area contributed by atoms with Gasteiger partial charge in [-0.2, -0.15) is 0 Å². The Morgan fingerprint density at radius 3 is 2.11 bits per heavy atom. The van der Waals surface area contributed by atoms with E-state index in [1.165, 1.54) is 31.4 Å². The molecule has 2 fully saturated rings. The Balaban J connectivity index is 1.36. The normalized spacial score (nSPS) is 32.5. The molecule has 5 rings (SSSR count). The number of phenolic OH excluding ortho intramolecular Hbond substituents is 2. The van der Waals surface area contributed by atoms with Gasteiger partial charge in [-0.25, -0.2) is 0 Å². The molecule has 9 N–H and O–H groups in total. The van der Waals surface area contributed by atoms with Crippen molar-refractivity contribution in [2.45, 2.75) is 61.4 Å². The molecular formula is C28H32O16. The predicted molar refractivity (Wildman–Crippen MR) is 145 cm³/mol. The molecule has 1 aromatic heterocycles. The van der Waals surface area contributed by atoms with Gasteiger partial charge in [0.2, 0.25) is 6.29 Å². The fourth-order valence-corrected chi connectivity index (χ4v) is 4.97. The van der Waals surface area contributed by atoms with Crippen LogP contribution in [0.1, 0.15) is 0 Å². The number of rotatable bonds is 8. The van der Waals surface area contributed by atoms with Crippen molar-refractivity contribution in [3.8, 4) is 34.3 Å². The first-order valence-corrected chi connectivity index (χ1v) is 13.4. The minimum absolute atomic E-state index is 0.0650. The third kappa shape index (κ3) is 6.04. The van der Waals surface area contributed by atoms with Crippen molar-refractivity contribution in [3.05, 3.63) is 46.6 Å². The average molecular weight is 625 g/mol. The highest BCUT2D eigenvalue weighted by Gasteiger charge is 2.48. The first-order chi connectivity index (χ1) is 20.9. The number of ether oxygens (including phenoxy) is 5. The molecule has 2 aliphatic rings. The van der Waals surface area contributed by atoms with Crippen LogP contribution in [0.4, 0.5) is 0 Å². The maximum absolute atomic E-state index is 12.8.